The fourth-order valence-corrected chi connectivity index (χ4v) is 2.68. The first-order chi connectivity index (χ1) is 10.4. The van der Waals surface area contributed by atoms with Crippen molar-refractivity contribution in [1.82, 2.24) is 4.98 Å². The molecule has 0 aliphatic carbocycles. The van der Waals surface area contributed by atoms with Gasteiger partial charge in [0.1, 0.15) is 0 Å². The third-order valence-electron chi connectivity index (χ3n) is 3.82. The van der Waals surface area contributed by atoms with Gasteiger partial charge in [0.15, 0.2) is 0 Å². The summed E-state index contributed by atoms with van der Waals surface area (Å²) in [6.07, 6.45) is 6.30. The Morgan fingerprint density at radius 1 is 0.619 bits per heavy atom. The zero-order valence-corrected chi connectivity index (χ0v) is 11.6. The molecular weight excluding hydrogens is 254 g/mol. The van der Waals surface area contributed by atoms with E-state index >= 15 is 0 Å². The van der Waals surface area contributed by atoms with E-state index in [0.29, 0.717) is 0 Å². The van der Waals surface area contributed by atoms with Gasteiger partial charge in [-0.15, -0.1) is 0 Å². The van der Waals surface area contributed by atoms with Crippen molar-refractivity contribution in [1.29, 1.82) is 0 Å². The second-order valence-corrected chi connectivity index (χ2v) is 5.26. The summed E-state index contributed by atoms with van der Waals surface area (Å²) < 4.78 is 0. The van der Waals surface area contributed by atoms with Crippen molar-refractivity contribution in [2.24, 2.45) is 0 Å². The molecule has 0 aliphatic heterocycles. The molecule has 0 fully saturated rings. The molecule has 0 bridgehead atoms. The van der Waals surface area contributed by atoms with E-state index in [1.54, 1.807) is 0 Å². The maximum atomic E-state index is 3.22. The molecule has 0 aliphatic rings. The lowest BCUT2D eigenvalue weighted by molar-refractivity contribution is 1.48. The first-order valence-electron chi connectivity index (χ1n) is 7.12. The number of benzene rings is 3. The summed E-state index contributed by atoms with van der Waals surface area (Å²) in [6, 6.07) is 23.6. The van der Waals surface area contributed by atoms with Crippen LogP contribution in [0.1, 0.15) is 11.1 Å². The molecule has 0 radical (unpaired) electrons. The molecule has 1 nitrogen and oxygen atoms in total. The number of fused-ring (bicyclic) bond motifs is 2. The normalized spacial score (nSPS) is 11.6. The van der Waals surface area contributed by atoms with E-state index in [4.69, 9.17) is 0 Å². The first kappa shape index (κ1) is 12.0. The van der Waals surface area contributed by atoms with Crippen molar-refractivity contribution in [3.63, 3.8) is 0 Å². The molecule has 0 atom stereocenters. The number of nitrogens with one attached hydrogen (secondary N) is 1. The molecule has 0 unspecified atom stereocenters. The minimum atomic E-state index is 1.18. The number of aromatic amines is 1. The third-order valence-corrected chi connectivity index (χ3v) is 3.82. The van der Waals surface area contributed by atoms with E-state index in [1.165, 1.54) is 32.8 Å². The number of aromatic nitrogens is 1. The van der Waals surface area contributed by atoms with Crippen LogP contribution in [0.15, 0.2) is 72.9 Å². The molecule has 0 saturated carbocycles. The Labute approximate surface area is 123 Å². The second kappa shape index (κ2) is 4.95. The maximum Gasteiger partial charge on any atom is 0.0454 e. The fraction of sp³-hybridized carbons (Fsp3) is 0. The molecule has 3 aromatic carbocycles. The zero-order valence-electron chi connectivity index (χ0n) is 11.6. The topological polar surface area (TPSA) is 15.8 Å². The Bertz CT molecular complexity index is 944. The quantitative estimate of drug-likeness (QED) is 0.463. The lowest BCUT2D eigenvalue weighted by Crippen LogP contribution is -1.76. The van der Waals surface area contributed by atoms with Crippen LogP contribution in [0.2, 0.25) is 0 Å². The van der Waals surface area contributed by atoms with E-state index in [0.717, 1.165) is 0 Å². The van der Waals surface area contributed by atoms with E-state index < -0.39 is 0 Å². The predicted molar refractivity (Wildman–Crippen MR) is 91.2 cm³/mol. The molecule has 0 amide bonds. The Balaban J connectivity index is 1.69. The summed E-state index contributed by atoms with van der Waals surface area (Å²) >= 11 is 0. The van der Waals surface area contributed by atoms with Gasteiger partial charge in [0, 0.05) is 11.7 Å². The van der Waals surface area contributed by atoms with Crippen LogP contribution >= 0.6 is 0 Å². The van der Waals surface area contributed by atoms with Gasteiger partial charge in [-0.05, 0) is 51.6 Å². The zero-order chi connectivity index (χ0) is 14.1. The van der Waals surface area contributed by atoms with Crippen molar-refractivity contribution >= 4 is 33.8 Å². The van der Waals surface area contributed by atoms with Gasteiger partial charge in [-0.1, -0.05) is 54.6 Å². The van der Waals surface area contributed by atoms with Crippen LogP contribution in [0, 0.1) is 0 Å². The van der Waals surface area contributed by atoms with Crippen molar-refractivity contribution in [3.05, 3.63) is 84.1 Å². The van der Waals surface area contributed by atoms with Crippen LogP contribution in [-0.2, 0) is 0 Å². The van der Waals surface area contributed by atoms with Gasteiger partial charge in [0.25, 0.3) is 0 Å². The molecule has 0 saturated heterocycles. The van der Waals surface area contributed by atoms with Gasteiger partial charge in [0.05, 0.1) is 0 Å². The molecular formula is C20H15N. The standard InChI is InChI=1S/C20H15N/c1-2-4-18-13-15(7-9-17(18)3-1)5-6-16-8-10-20-19(14-16)11-12-21-20/h1-14,21H/b6-5+. The van der Waals surface area contributed by atoms with E-state index in [9.17, 15) is 0 Å². The summed E-state index contributed by atoms with van der Waals surface area (Å²) in [5.74, 6) is 0. The molecule has 1 heterocycles. The van der Waals surface area contributed by atoms with Crippen LogP contribution in [0.5, 0.6) is 0 Å². The van der Waals surface area contributed by atoms with Crippen LogP contribution in [0.4, 0.5) is 0 Å². The smallest absolute Gasteiger partial charge is 0.0454 e. The average molecular weight is 269 g/mol. The molecule has 4 rings (SSSR count). The highest BCUT2D eigenvalue weighted by atomic mass is 14.7. The number of H-pyrrole nitrogens is 1. The van der Waals surface area contributed by atoms with Gasteiger partial charge in [-0.2, -0.15) is 0 Å². The highest BCUT2D eigenvalue weighted by molar-refractivity contribution is 5.87. The van der Waals surface area contributed by atoms with Crippen molar-refractivity contribution < 1.29 is 0 Å². The van der Waals surface area contributed by atoms with Gasteiger partial charge in [0.2, 0.25) is 0 Å². The predicted octanol–water partition coefficient (Wildman–Crippen LogP) is 5.49. The van der Waals surface area contributed by atoms with Crippen molar-refractivity contribution in [3.8, 4) is 0 Å². The second-order valence-electron chi connectivity index (χ2n) is 5.26. The van der Waals surface area contributed by atoms with Crippen molar-refractivity contribution in [2.75, 3.05) is 0 Å². The Hall–Kier alpha value is -2.80. The molecule has 1 aromatic heterocycles. The van der Waals surface area contributed by atoms with Crippen LogP contribution < -0.4 is 0 Å². The summed E-state index contributed by atoms with van der Waals surface area (Å²) in [4.78, 5) is 3.22. The summed E-state index contributed by atoms with van der Waals surface area (Å²) in [5, 5.41) is 3.81. The van der Waals surface area contributed by atoms with Gasteiger partial charge in [-0.3, -0.25) is 0 Å². The molecule has 100 valence electrons. The molecule has 21 heavy (non-hydrogen) atoms. The molecule has 0 spiro atoms. The minimum Gasteiger partial charge on any atom is -0.361 e. The first-order valence-corrected chi connectivity index (χ1v) is 7.12. The largest absolute Gasteiger partial charge is 0.361 e. The average Bonchev–Trinajstić information content (AvgIpc) is 3.00. The van der Waals surface area contributed by atoms with E-state index in [2.05, 4.69) is 83.9 Å². The number of hydrogen-bond acceptors (Lipinski definition) is 0. The third kappa shape index (κ3) is 2.34. The molecule has 1 heteroatoms. The lowest BCUT2D eigenvalue weighted by Gasteiger charge is -1.99. The highest BCUT2D eigenvalue weighted by Crippen LogP contribution is 2.19. The van der Waals surface area contributed by atoms with Crippen molar-refractivity contribution in [2.45, 2.75) is 0 Å². The molecule has 1 N–H and O–H groups in total. The highest BCUT2D eigenvalue weighted by Gasteiger charge is 1.95. The van der Waals surface area contributed by atoms with E-state index in [1.807, 2.05) is 6.20 Å². The van der Waals surface area contributed by atoms with Gasteiger partial charge in [-0.25, -0.2) is 0 Å². The maximum absolute atomic E-state index is 3.22. The Morgan fingerprint density at radius 2 is 1.33 bits per heavy atom. The minimum absolute atomic E-state index is 1.18. The summed E-state index contributed by atoms with van der Waals surface area (Å²) in [5.41, 5.74) is 3.62. The van der Waals surface area contributed by atoms with Crippen LogP contribution in [0.3, 0.4) is 0 Å². The van der Waals surface area contributed by atoms with E-state index in [-0.39, 0.29) is 0 Å². The van der Waals surface area contributed by atoms with Crippen LogP contribution in [-0.4, -0.2) is 4.98 Å². The lowest BCUT2D eigenvalue weighted by atomic mass is 10.1. The summed E-state index contributed by atoms with van der Waals surface area (Å²) in [6.45, 7) is 0. The monoisotopic (exact) mass is 269 g/mol. The number of rotatable bonds is 2. The van der Waals surface area contributed by atoms with Gasteiger partial charge < -0.3 is 4.98 Å². The number of hydrogen-bond donors (Lipinski definition) is 1. The molecule has 4 aromatic rings. The Morgan fingerprint density at radius 3 is 2.19 bits per heavy atom. The van der Waals surface area contributed by atoms with Gasteiger partial charge >= 0.3 is 0 Å². The summed E-state index contributed by atoms with van der Waals surface area (Å²) in [7, 11) is 0. The van der Waals surface area contributed by atoms with Crippen LogP contribution in [0.25, 0.3) is 33.8 Å². The fourth-order valence-electron chi connectivity index (χ4n) is 2.68. The Kier molecular flexibility index (Phi) is 2.82. The SMILES string of the molecule is C(=C\c1ccc2[nH]ccc2c1)/c1ccc2ccccc2c1.